The number of carbonyl (C=O) groups is 1. The van der Waals surface area contributed by atoms with Crippen LogP contribution in [0.25, 0.3) is 0 Å². The zero-order valence-electron chi connectivity index (χ0n) is 8.15. The highest BCUT2D eigenvalue weighted by Gasteiger charge is 2.23. The maximum absolute atomic E-state index is 11.0. The van der Waals surface area contributed by atoms with Gasteiger partial charge in [-0.15, -0.1) is 0 Å². The van der Waals surface area contributed by atoms with Crippen LogP contribution in [-0.4, -0.2) is 5.91 Å². The molecule has 1 aliphatic carbocycles. The summed E-state index contributed by atoms with van der Waals surface area (Å²) >= 11 is 0. The molecule has 1 amide bonds. The van der Waals surface area contributed by atoms with E-state index in [0.29, 0.717) is 11.6 Å². The van der Waals surface area contributed by atoms with E-state index in [1.54, 1.807) is 6.07 Å². The maximum Gasteiger partial charge on any atom is 0.254 e. The summed E-state index contributed by atoms with van der Waals surface area (Å²) in [5.74, 6) is -0.350. The Hall–Kier alpha value is -1.38. The summed E-state index contributed by atoms with van der Waals surface area (Å²) in [6.45, 7) is 0. The monoisotopic (exact) mass is 191 g/mol. The van der Waals surface area contributed by atoms with Gasteiger partial charge < -0.3 is 5.73 Å². The minimum atomic E-state index is -0.350. The Labute approximate surface area is 83.5 Å². The molecule has 0 atom stereocenters. The highest BCUT2D eigenvalue weighted by Crippen LogP contribution is 2.24. The van der Waals surface area contributed by atoms with Crippen molar-refractivity contribution in [3.63, 3.8) is 0 Å². The van der Waals surface area contributed by atoms with Gasteiger partial charge in [0.2, 0.25) is 0 Å². The predicted octanol–water partition coefficient (Wildman–Crippen LogP) is 1.19. The number of pyridine rings is 1. The van der Waals surface area contributed by atoms with Gasteiger partial charge in [0, 0.05) is 18.9 Å². The van der Waals surface area contributed by atoms with Crippen LogP contribution in [0.1, 0.15) is 42.1 Å². The lowest BCUT2D eigenvalue weighted by Crippen LogP contribution is -2.38. The predicted molar refractivity (Wildman–Crippen MR) is 52.7 cm³/mol. The largest absolute Gasteiger partial charge is 0.365 e. The van der Waals surface area contributed by atoms with E-state index in [4.69, 9.17) is 5.73 Å². The van der Waals surface area contributed by atoms with E-state index in [-0.39, 0.29) is 5.91 Å². The first-order valence-corrected chi connectivity index (χ1v) is 5.08. The van der Waals surface area contributed by atoms with Crippen LogP contribution in [0.3, 0.4) is 0 Å². The Morgan fingerprint density at radius 2 is 2.14 bits per heavy atom. The van der Waals surface area contributed by atoms with Crippen LogP contribution in [0, 0.1) is 0 Å². The number of hydrogen-bond acceptors (Lipinski definition) is 1. The molecule has 14 heavy (non-hydrogen) atoms. The van der Waals surface area contributed by atoms with Crippen LogP contribution in [0.15, 0.2) is 24.5 Å². The highest BCUT2D eigenvalue weighted by atomic mass is 16.1. The molecule has 0 aromatic carbocycles. The quantitative estimate of drug-likeness (QED) is 0.701. The maximum atomic E-state index is 11.0. The molecule has 0 saturated heterocycles. The number of primary amides is 1. The second-order valence-corrected chi connectivity index (χ2v) is 3.84. The third kappa shape index (κ3) is 1.76. The van der Waals surface area contributed by atoms with Crippen molar-refractivity contribution in [2.45, 2.75) is 31.7 Å². The van der Waals surface area contributed by atoms with Gasteiger partial charge in [0.25, 0.3) is 5.91 Å². The molecule has 0 unspecified atom stereocenters. The number of aromatic nitrogens is 1. The van der Waals surface area contributed by atoms with Gasteiger partial charge in [-0.25, -0.2) is 4.57 Å². The van der Waals surface area contributed by atoms with E-state index >= 15 is 0 Å². The second-order valence-electron chi connectivity index (χ2n) is 3.84. The van der Waals surface area contributed by atoms with Crippen LogP contribution in [0.2, 0.25) is 0 Å². The first-order chi connectivity index (χ1) is 6.77. The van der Waals surface area contributed by atoms with Gasteiger partial charge >= 0.3 is 0 Å². The molecule has 1 saturated carbocycles. The molecule has 0 radical (unpaired) electrons. The minimum absolute atomic E-state index is 0.350. The SMILES string of the molecule is NC(=O)c1ccc[n+](C2CCCC2)c1. The molecule has 74 valence electrons. The Balaban J connectivity index is 2.25. The first-order valence-electron chi connectivity index (χ1n) is 5.08. The van der Waals surface area contributed by atoms with Crippen molar-refractivity contribution in [3.05, 3.63) is 30.1 Å². The number of nitrogens with zero attached hydrogens (tertiary/aromatic N) is 1. The second kappa shape index (κ2) is 3.78. The van der Waals surface area contributed by atoms with E-state index in [1.807, 2.05) is 18.5 Å². The summed E-state index contributed by atoms with van der Waals surface area (Å²) in [7, 11) is 0. The van der Waals surface area contributed by atoms with Gasteiger partial charge in [-0.3, -0.25) is 4.79 Å². The van der Waals surface area contributed by atoms with Gasteiger partial charge in [-0.2, -0.15) is 0 Å². The molecule has 1 aromatic heterocycles. The molecule has 1 heterocycles. The molecule has 3 heteroatoms. The Morgan fingerprint density at radius 1 is 1.43 bits per heavy atom. The fourth-order valence-corrected chi connectivity index (χ4v) is 2.07. The van der Waals surface area contributed by atoms with Crippen LogP contribution >= 0.6 is 0 Å². The molecule has 0 aliphatic heterocycles. The summed E-state index contributed by atoms with van der Waals surface area (Å²) in [5, 5.41) is 0. The molecule has 1 aromatic rings. The summed E-state index contributed by atoms with van der Waals surface area (Å²) in [5.41, 5.74) is 5.83. The topological polar surface area (TPSA) is 47.0 Å². The molecule has 2 rings (SSSR count). The van der Waals surface area contributed by atoms with E-state index in [9.17, 15) is 4.79 Å². The lowest BCUT2D eigenvalue weighted by atomic mass is 10.2. The van der Waals surface area contributed by atoms with Crippen LogP contribution < -0.4 is 10.3 Å². The van der Waals surface area contributed by atoms with Crippen LogP contribution in [-0.2, 0) is 0 Å². The van der Waals surface area contributed by atoms with Gasteiger partial charge in [0.05, 0.1) is 0 Å². The third-order valence-electron chi connectivity index (χ3n) is 2.85. The van der Waals surface area contributed by atoms with E-state index in [1.165, 1.54) is 25.7 Å². The fourth-order valence-electron chi connectivity index (χ4n) is 2.07. The first kappa shape index (κ1) is 9.19. The molecular formula is C11H15N2O+. The zero-order valence-corrected chi connectivity index (χ0v) is 8.15. The van der Waals surface area contributed by atoms with Gasteiger partial charge in [0.1, 0.15) is 5.56 Å². The van der Waals surface area contributed by atoms with Crippen molar-refractivity contribution in [1.29, 1.82) is 0 Å². The van der Waals surface area contributed by atoms with Crippen molar-refractivity contribution in [2.75, 3.05) is 0 Å². The van der Waals surface area contributed by atoms with Crippen molar-refractivity contribution in [1.82, 2.24) is 0 Å². The standard InChI is InChI=1S/C11H14N2O/c12-11(14)9-4-3-7-13(8-9)10-5-1-2-6-10/h3-4,7-8,10H,1-2,5-6H2,(H-,12,14)/p+1. The Bertz CT molecular complexity index is 343. The molecular weight excluding hydrogens is 176 g/mol. The Morgan fingerprint density at radius 3 is 2.79 bits per heavy atom. The normalized spacial score (nSPS) is 17.1. The number of amides is 1. The average molecular weight is 191 g/mol. The smallest absolute Gasteiger partial charge is 0.254 e. The van der Waals surface area contributed by atoms with Crippen molar-refractivity contribution >= 4 is 5.91 Å². The summed E-state index contributed by atoms with van der Waals surface area (Å²) in [4.78, 5) is 11.0. The molecule has 1 fully saturated rings. The van der Waals surface area contributed by atoms with E-state index in [0.717, 1.165) is 0 Å². The highest BCUT2D eigenvalue weighted by molar-refractivity contribution is 5.92. The van der Waals surface area contributed by atoms with Gasteiger partial charge in [-0.1, -0.05) is 0 Å². The average Bonchev–Trinajstić information content (AvgIpc) is 2.71. The summed E-state index contributed by atoms with van der Waals surface area (Å²) < 4.78 is 2.12. The lowest BCUT2D eigenvalue weighted by molar-refractivity contribution is -0.721. The van der Waals surface area contributed by atoms with Crippen molar-refractivity contribution < 1.29 is 9.36 Å². The Kier molecular flexibility index (Phi) is 2.48. The molecule has 3 nitrogen and oxygen atoms in total. The fraction of sp³-hybridized carbons (Fsp3) is 0.455. The van der Waals surface area contributed by atoms with Gasteiger partial charge in [-0.05, 0) is 18.9 Å². The van der Waals surface area contributed by atoms with E-state index in [2.05, 4.69) is 4.57 Å². The number of rotatable bonds is 2. The lowest BCUT2D eigenvalue weighted by Gasteiger charge is -2.04. The molecule has 1 aliphatic rings. The number of hydrogen-bond donors (Lipinski definition) is 1. The van der Waals surface area contributed by atoms with E-state index < -0.39 is 0 Å². The van der Waals surface area contributed by atoms with Crippen LogP contribution in [0.4, 0.5) is 0 Å². The molecule has 0 bridgehead atoms. The summed E-state index contributed by atoms with van der Waals surface area (Å²) in [6, 6.07) is 4.21. The minimum Gasteiger partial charge on any atom is -0.365 e. The van der Waals surface area contributed by atoms with Crippen molar-refractivity contribution in [2.24, 2.45) is 5.73 Å². The third-order valence-corrected chi connectivity index (χ3v) is 2.85. The molecule has 2 N–H and O–H groups in total. The number of carbonyl (C=O) groups excluding carboxylic acids is 1. The number of nitrogens with two attached hydrogens (primary N) is 1. The van der Waals surface area contributed by atoms with Crippen molar-refractivity contribution in [3.8, 4) is 0 Å². The molecule has 0 spiro atoms. The summed E-state index contributed by atoms with van der Waals surface area (Å²) in [6.07, 6.45) is 8.89. The van der Waals surface area contributed by atoms with Crippen LogP contribution in [0.5, 0.6) is 0 Å². The zero-order chi connectivity index (χ0) is 9.97. The van der Waals surface area contributed by atoms with Gasteiger partial charge in [0.15, 0.2) is 18.4 Å².